The number of benzene rings is 2. The van der Waals surface area contributed by atoms with E-state index >= 15 is 0 Å². The molecule has 7 heteroatoms. The molecule has 162 valence electrons. The number of hydrogen-bond donors (Lipinski definition) is 1. The number of imidazole rings is 1. The average Bonchev–Trinajstić information content (AvgIpc) is 3.46. The Balaban J connectivity index is 1.20. The molecule has 2 aromatic carbocycles. The molecule has 2 aromatic heterocycles. The van der Waals surface area contributed by atoms with Crippen LogP contribution in [0.15, 0.2) is 65.3 Å². The summed E-state index contributed by atoms with van der Waals surface area (Å²) in [6.07, 6.45) is 7.90. The first-order valence-corrected chi connectivity index (χ1v) is 11.2. The van der Waals surface area contributed by atoms with E-state index in [4.69, 9.17) is 21.0 Å². The number of hydrogen-bond acceptors (Lipinski definition) is 4. The fourth-order valence-corrected chi connectivity index (χ4v) is 4.05. The van der Waals surface area contributed by atoms with Crippen LogP contribution < -0.4 is 5.32 Å². The minimum atomic E-state index is -0.0856. The predicted octanol–water partition coefficient (Wildman–Crippen LogP) is 5.77. The van der Waals surface area contributed by atoms with E-state index in [9.17, 15) is 4.79 Å². The number of amides is 1. The molecule has 0 bridgehead atoms. The van der Waals surface area contributed by atoms with Gasteiger partial charge in [0, 0.05) is 53.8 Å². The summed E-state index contributed by atoms with van der Waals surface area (Å²) < 4.78 is 8.02. The van der Waals surface area contributed by atoms with Gasteiger partial charge in [0.2, 0.25) is 5.91 Å². The largest absolute Gasteiger partial charge is 0.441 e. The summed E-state index contributed by atoms with van der Waals surface area (Å²) in [7, 11) is 0. The van der Waals surface area contributed by atoms with Gasteiger partial charge in [-0.3, -0.25) is 4.79 Å². The zero-order chi connectivity index (χ0) is 21.9. The van der Waals surface area contributed by atoms with Gasteiger partial charge in [-0.1, -0.05) is 23.7 Å². The Morgan fingerprint density at radius 3 is 2.84 bits per heavy atom. The molecule has 0 unspecified atom stereocenters. The summed E-state index contributed by atoms with van der Waals surface area (Å²) >= 11 is 5.93. The van der Waals surface area contributed by atoms with Crippen LogP contribution in [-0.4, -0.2) is 20.4 Å². The Kier molecular flexibility index (Phi) is 5.77. The zero-order valence-electron chi connectivity index (χ0n) is 17.6. The molecule has 5 rings (SSSR count). The van der Waals surface area contributed by atoms with Crippen molar-refractivity contribution in [3.8, 4) is 22.6 Å². The van der Waals surface area contributed by atoms with E-state index in [2.05, 4.69) is 21.1 Å². The van der Waals surface area contributed by atoms with Crippen LogP contribution in [0, 0.1) is 0 Å². The monoisotopic (exact) mass is 446 g/mol. The smallest absolute Gasteiger partial charge is 0.224 e. The van der Waals surface area contributed by atoms with Gasteiger partial charge in [-0.2, -0.15) is 0 Å². The van der Waals surface area contributed by atoms with Gasteiger partial charge in [0.1, 0.15) is 5.82 Å². The lowest BCUT2D eigenvalue weighted by Crippen LogP contribution is -2.12. The highest BCUT2D eigenvalue weighted by atomic mass is 35.5. The molecule has 32 heavy (non-hydrogen) atoms. The zero-order valence-corrected chi connectivity index (χ0v) is 18.3. The summed E-state index contributed by atoms with van der Waals surface area (Å²) in [6.45, 7) is 1.03. The first-order chi connectivity index (χ1) is 15.6. The van der Waals surface area contributed by atoms with Crippen LogP contribution in [0.4, 0.5) is 5.69 Å². The van der Waals surface area contributed by atoms with Crippen molar-refractivity contribution in [1.29, 1.82) is 0 Å². The van der Waals surface area contributed by atoms with Gasteiger partial charge < -0.3 is 14.3 Å². The van der Waals surface area contributed by atoms with E-state index in [1.807, 2.05) is 36.4 Å². The minimum absolute atomic E-state index is 0.0856. The van der Waals surface area contributed by atoms with E-state index in [0.717, 1.165) is 41.3 Å². The number of aryl methyl sites for hydroxylation is 3. The first-order valence-electron chi connectivity index (χ1n) is 10.8. The SMILES string of the molecule is O=C(CCc1ncc(-c2ccc(Cl)cc2)o1)Nc1cccc(-c2cn3c(n2)CCCC3)c1. The highest BCUT2D eigenvalue weighted by Crippen LogP contribution is 2.25. The molecule has 0 aliphatic carbocycles. The van der Waals surface area contributed by atoms with Crippen molar-refractivity contribution in [3.05, 3.63) is 77.7 Å². The molecular formula is C25H23ClN4O2. The third kappa shape index (κ3) is 4.60. The van der Waals surface area contributed by atoms with E-state index in [0.29, 0.717) is 23.1 Å². The Bertz CT molecular complexity index is 1220. The Hall–Kier alpha value is -3.38. The molecule has 0 atom stereocenters. The maximum Gasteiger partial charge on any atom is 0.224 e. The van der Waals surface area contributed by atoms with Gasteiger partial charge in [-0.15, -0.1) is 0 Å². The van der Waals surface area contributed by atoms with Crippen LogP contribution in [0.25, 0.3) is 22.6 Å². The number of anilines is 1. The summed E-state index contributed by atoms with van der Waals surface area (Å²) in [5.41, 5.74) is 3.61. The van der Waals surface area contributed by atoms with Crippen LogP contribution in [0.1, 0.15) is 31.0 Å². The van der Waals surface area contributed by atoms with Crippen molar-refractivity contribution in [2.24, 2.45) is 0 Å². The van der Waals surface area contributed by atoms with Gasteiger partial charge in [0.15, 0.2) is 11.7 Å². The quantitative estimate of drug-likeness (QED) is 0.408. The molecule has 0 spiro atoms. The second-order valence-corrected chi connectivity index (χ2v) is 8.38. The second kappa shape index (κ2) is 9.01. The fraction of sp³-hybridized carbons (Fsp3) is 0.240. The number of oxazole rings is 1. The molecule has 4 aromatic rings. The fourth-order valence-electron chi connectivity index (χ4n) is 3.93. The standard InChI is InChI=1S/C25H23ClN4O2/c26-19-9-7-17(8-10-19)22-15-27-25(32-22)12-11-24(31)28-20-5-3-4-18(14-20)21-16-30-13-2-1-6-23(30)29-21/h3-5,7-10,14-16H,1-2,6,11-13H2,(H,28,31). The lowest BCUT2D eigenvalue weighted by molar-refractivity contribution is -0.116. The van der Waals surface area contributed by atoms with E-state index in [-0.39, 0.29) is 12.3 Å². The molecule has 1 aliphatic heterocycles. The number of nitrogens with zero attached hydrogens (tertiary/aromatic N) is 3. The Morgan fingerprint density at radius 1 is 1.12 bits per heavy atom. The van der Waals surface area contributed by atoms with Gasteiger partial charge in [0.05, 0.1) is 11.9 Å². The molecule has 6 nitrogen and oxygen atoms in total. The number of halogens is 1. The van der Waals surface area contributed by atoms with Crippen molar-refractivity contribution in [2.45, 2.75) is 38.6 Å². The highest BCUT2D eigenvalue weighted by molar-refractivity contribution is 6.30. The topological polar surface area (TPSA) is 73.0 Å². The van der Waals surface area contributed by atoms with E-state index in [1.54, 1.807) is 18.3 Å². The van der Waals surface area contributed by atoms with Crippen molar-refractivity contribution in [3.63, 3.8) is 0 Å². The third-order valence-corrected chi connectivity index (χ3v) is 5.85. The number of rotatable bonds is 6. The molecule has 0 saturated heterocycles. The number of fused-ring (bicyclic) bond motifs is 1. The van der Waals surface area contributed by atoms with Gasteiger partial charge in [-0.05, 0) is 49.2 Å². The Labute approximate surface area is 191 Å². The van der Waals surface area contributed by atoms with Gasteiger partial charge >= 0.3 is 0 Å². The molecule has 1 amide bonds. The first kappa shape index (κ1) is 20.5. The normalized spacial score (nSPS) is 13.0. The number of aromatic nitrogens is 3. The summed E-state index contributed by atoms with van der Waals surface area (Å²) in [5, 5.41) is 3.64. The van der Waals surface area contributed by atoms with Crippen molar-refractivity contribution in [2.75, 3.05) is 5.32 Å². The number of nitrogens with one attached hydrogen (secondary N) is 1. The number of carbonyl (C=O) groups is 1. The molecule has 0 radical (unpaired) electrons. The average molecular weight is 447 g/mol. The maximum absolute atomic E-state index is 12.5. The predicted molar refractivity (Wildman–Crippen MR) is 125 cm³/mol. The van der Waals surface area contributed by atoms with Crippen molar-refractivity contribution < 1.29 is 9.21 Å². The summed E-state index contributed by atoms with van der Waals surface area (Å²) in [5.74, 6) is 2.25. The van der Waals surface area contributed by atoms with E-state index in [1.165, 1.54) is 12.8 Å². The molecule has 0 fully saturated rings. The van der Waals surface area contributed by atoms with Crippen molar-refractivity contribution in [1.82, 2.24) is 14.5 Å². The van der Waals surface area contributed by atoms with Crippen LogP contribution in [0.2, 0.25) is 5.02 Å². The maximum atomic E-state index is 12.5. The molecule has 1 aliphatic rings. The minimum Gasteiger partial charge on any atom is -0.441 e. The third-order valence-electron chi connectivity index (χ3n) is 5.60. The summed E-state index contributed by atoms with van der Waals surface area (Å²) in [4.78, 5) is 21.6. The molecule has 0 saturated carbocycles. The van der Waals surface area contributed by atoms with Crippen LogP contribution >= 0.6 is 11.6 Å². The number of carbonyl (C=O) groups excluding carboxylic acids is 1. The Morgan fingerprint density at radius 2 is 2.00 bits per heavy atom. The van der Waals surface area contributed by atoms with E-state index < -0.39 is 0 Å². The lowest BCUT2D eigenvalue weighted by Gasteiger charge is -2.11. The highest BCUT2D eigenvalue weighted by Gasteiger charge is 2.14. The molecule has 1 N–H and O–H groups in total. The van der Waals surface area contributed by atoms with Gasteiger partial charge in [0.25, 0.3) is 0 Å². The molecular weight excluding hydrogens is 424 g/mol. The molecule has 3 heterocycles. The van der Waals surface area contributed by atoms with Crippen LogP contribution in [-0.2, 0) is 24.2 Å². The summed E-state index contributed by atoms with van der Waals surface area (Å²) in [6, 6.07) is 15.2. The van der Waals surface area contributed by atoms with Crippen LogP contribution in [0.3, 0.4) is 0 Å². The van der Waals surface area contributed by atoms with Gasteiger partial charge in [-0.25, -0.2) is 9.97 Å². The second-order valence-electron chi connectivity index (χ2n) is 7.95. The lowest BCUT2D eigenvalue weighted by atomic mass is 10.1. The van der Waals surface area contributed by atoms with Crippen molar-refractivity contribution >= 4 is 23.2 Å². The van der Waals surface area contributed by atoms with Crippen LogP contribution in [0.5, 0.6) is 0 Å².